The summed E-state index contributed by atoms with van der Waals surface area (Å²) in [5.74, 6) is 1.14. The second-order valence-electron chi connectivity index (χ2n) is 4.12. The Hall–Kier alpha value is -1.65. The van der Waals surface area contributed by atoms with E-state index < -0.39 is 0 Å². The third-order valence-electron chi connectivity index (χ3n) is 2.60. The molecule has 5 heteroatoms. The number of hydrogen-bond donors (Lipinski definition) is 1. The van der Waals surface area contributed by atoms with E-state index in [1.54, 1.807) is 18.2 Å². The molecular formula is C14H13ClN2OS. The first-order valence-electron chi connectivity index (χ1n) is 5.69. The molecule has 0 radical (unpaired) electrons. The number of benzene rings is 1. The number of hydrogen-bond acceptors (Lipinski definition) is 3. The van der Waals surface area contributed by atoms with Crippen molar-refractivity contribution >= 4 is 28.8 Å². The van der Waals surface area contributed by atoms with Crippen LogP contribution >= 0.6 is 23.8 Å². The highest BCUT2D eigenvalue weighted by Gasteiger charge is 2.14. The van der Waals surface area contributed by atoms with Gasteiger partial charge in [0.25, 0.3) is 0 Å². The molecule has 3 nitrogen and oxygen atoms in total. The van der Waals surface area contributed by atoms with Crippen LogP contribution in [0.25, 0.3) is 0 Å². The minimum absolute atomic E-state index is 0.257. The van der Waals surface area contributed by atoms with Crippen molar-refractivity contribution in [1.82, 2.24) is 4.98 Å². The van der Waals surface area contributed by atoms with E-state index in [2.05, 4.69) is 4.98 Å². The SMILES string of the molecule is Cc1cc(Oc2ccccc2Cl)c(C(N)=S)c(C)n1. The summed E-state index contributed by atoms with van der Waals surface area (Å²) in [6.07, 6.45) is 0. The van der Waals surface area contributed by atoms with Gasteiger partial charge in [0, 0.05) is 11.8 Å². The zero-order chi connectivity index (χ0) is 14.0. The molecule has 0 unspecified atom stereocenters. The number of aromatic nitrogens is 1. The molecule has 0 fully saturated rings. The predicted octanol–water partition coefficient (Wildman–Crippen LogP) is 3.78. The van der Waals surface area contributed by atoms with Gasteiger partial charge in [0.1, 0.15) is 16.5 Å². The van der Waals surface area contributed by atoms with Gasteiger partial charge in [-0.3, -0.25) is 4.98 Å². The van der Waals surface area contributed by atoms with Gasteiger partial charge < -0.3 is 10.5 Å². The van der Waals surface area contributed by atoms with E-state index in [1.165, 1.54) is 0 Å². The lowest BCUT2D eigenvalue weighted by Gasteiger charge is -2.14. The smallest absolute Gasteiger partial charge is 0.146 e. The molecule has 0 spiro atoms. The number of thiocarbonyl (C=S) groups is 1. The number of para-hydroxylation sites is 1. The third kappa shape index (κ3) is 3.03. The Morgan fingerprint density at radius 2 is 1.95 bits per heavy atom. The zero-order valence-corrected chi connectivity index (χ0v) is 12.2. The lowest BCUT2D eigenvalue weighted by Crippen LogP contribution is -2.14. The van der Waals surface area contributed by atoms with Crippen molar-refractivity contribution in [3.8, 4) is 11.5 Å². The standard InChI is InChI=1S/C14H13ClN2OS/c1-8-7-12(13(14(16)19)9(2)17-8)18-11-6-4-3-5-10(11)15/h3-7H,1-2H3,(H2,16,19). The third-order valence-corrected chi connectivity index (χ3v) is 3.11. The summed E-state index contributed by atoms with van der Waals surface area (Å²) < 4.78 is 5.82. The van der Waals surface area contributed by atoms with E-state index >= 15 is 0 Å². The van der Waals surface area contributed by atoms with Gasteiger partial charge >= 0.3 is 0 Å². The van der Waals surface area contributed by atoms with E-state index in [0.29, 0.717) is 22.1 Å². The largest absolute Gasteiger partial charge is 0.455 e. The van der Waals surface area contributed by atoms with E-state index in [-0.39, 0.29) is 4.99 Å². The van der Waals surface area contributed by atoms with Gasteiger partial charge in [-0.25, -0.2) is 0 Å². The Balaban J connectivity index is 2.51. The number of rotatable bonds is 3. The highest BCUT2D eigenvalue weighted by molar-refractivity contribution is 7.80. The topological polar surface area (TPSA) is 48.1 Å². The summed E-state index contributed by atoms with van der Waals surface area (Å²) >= 11 is 11.1. The maximum Gasteiger partial charge on any atom is 0.146 e. The van der Waals surface area contributed by atoms with Gasteiger partial charge in [0.05, 0.1) is 16.3 Å². The Bertz CT molecular complexity index is 643. The van der Waals surface area contributed by atoms with Crippen LogP contribution in [-0.2, 0) is 0 Å². The molecule has 2 N–H and O–H groups in total. The molecule has 0 aliphatic heterocycles. The minimum atomic E-state index is 0.257. The van der Waals surface area contributed by atoms with Crippen molar-refractivity contribution in [1.29, 1.82) is 0 Å². The molecule has 0 saturated heterocycles. The monoisotopic (exact) mass is 292 g/mol. The number of aryl methyl sites for hydroxylation is 2. The van der Waals surface area contributed by atoms with E-state index in [9.17, 15) is 0 Å². The first kappa shape index (κ1) is 13.8. The Labute approximate surface area is 122 Å². The molecule has 0 aliphatic carbocycles. The predicted molar refractivity (Wildman–Crippen MR) is 81.1 cm³/mol. The number of pyridine rings is 1. The summed E-state index contributed by atoms with van der Waals surface area (Å²) in [6.45, 7) is 3.73. The van der Waals surface area contributed by atoms with Crippen LogP contribution < -0.4 is 10.5 Å². The highest BCUT2D eigenvalue weighted by Crippen LogP contribution is 2.32. The molecule has 0 amide bonds. The second-order valence-corrected chi connectivity index (χ2v) is 4.97. The lowest BCUT2D eigenvalue weighted by molar-refractivity contribution is 0.480. The van der Waals surface area contributed by atoms with Crippen LogP contribution in [0.5, 0.6) is 11.5 Å². The molecule has 1 heterocycles. The number of nitrogens with two attached hydrogens (primary N) is 1. The maximum atomic E-state index is 6.08. The highest BCUT2D eigenvalue weighted by atomic mass is 35.5. The fraction of sp³-hybridized carbons (Fsp3) is 0.143. The molecule has 2 rings (SSSR count). The average Bonchev–Trinajstić information content (AvgIpc) is 2.30. The lowest BCUT2D eigenvalue weighted by atomic mass is 10.1. The van der Waals surface area contributed by atoms with Gasteiger partial charge in [0.15, 0.2) is 0 Å². The molecule has 1 aromatic heterocycles. The molecule has 0 saturated carbocycles. The Kier molecular flexibility index (Phi) is 4.02. The van der Waals surface area contributed by atoms with Gasteiger partial charge in [0.2, 0.25) is 0 Å². The van der Waals surface area contributed by atoms with Crippen molar-refractivity contribution in [2.75, 3.05) is 0 Å². The van der Waals surface area contributed by atoms with Crippen molar-refractivity contribution in [2.45, 2.75) is 13.8 Å². The molecular weight excluding hydrogens is 280 g/mol. The summed E-state index contributed by atoms with van der Waals surface area (Å²) in [4.78, 5) is 4.60. The van der Waals surface area contributed by atoms with Crippen molar-refractivity contribution in [3.63, 3.8) is 0 Å². The first-order chi connectivity index (χ1) is 8.99. The number of ether oxygens (including phenoxy) is 1. The van der Waals surface area contributed by atoms with Crippen LogP contribution in [0.3, 0.4) is 0 Å². The van der Waals surface area contributed by atoms with E-state index in [0.717, 1.165) is 11.4 Å². The fourth-order valence-corrected chi connectivity index (χ4v) is 2.24. The van der Waals surface area contributed by atoms with Gasteiger partial charge in [-0.05, 0) is 26.0 Å². The quantitative estimate of drug-likeness (QED) is 0.875. The fourth-order valence-electron chi connectivity index (χ4n) is 1.82. The second kappa shape index (κ2) is 5.55. The summed E-state index contributed by atoms with van der Waals surface area (Å²) in [6, 6.07) is 9.04. The summed E-state index contributed by atoms with van der Waals surface area (Å²) in [7, 11) is 0. The van der Waals surface area contributed by atoms with Crippen molar-refractivity contribution < 1.29 is 4.74 Å². The maximum absolute atomic E-state index is 6.08. The molecule has 0 bridgehead atoms. The Morgan fingerprint density at radius 1 is 1.26 bits per heavy atom. The minimum Gasteiger partial charge on any atom is -0.455 e. The molecule has 19 heavy (non-hydrogen) atoms. The van der Waals surface area contributed by atoms with Crippen LogP contribution in [0.1, 0.15) is 17.0 Å². The summed E-state index contributed by atoms with van der Waals surface area (Å²) in [5, 5.41) is 0.531. The van der Waals surface area contributed by atoms with Crippen LogP contribution in [0, 0.1) is 13.8 Å². The molecule has 0 atom stereocenters. The van der Waals surface area contributed by atoms with Crippen LogP contribution in [0.15, 0.2) is 30.3 Å². The molecule has 2 aromatic rings. The molecule has 0 aliphatic rings. The number of halogens is 1. The van der Waals surface area contributed by atoms with Crippen molar-refractivity contribution in [2.24, 2.45) is 5.73 Å². The normalized spacial score (nSPS) is 10.3. The van der Waals surface area contributed by atoms with Gasteiger partial charge in [-0.2, -0.15) is 0 Å². The summed E-state index contributed by atoms with van der Waals surface area (Å²) in [5.41, 5.74) is 7.95. The van der Waals surface area contributed by atoms with Crippen LogP contribution in [-0.4, -0.2) is 9.97 Å². The number of nitrogens with zero attached hydrogens (tertiary/aromatic N) is 1. The molecule has 1 aromatic carbocycles. The average molecular weight is 293 g/mol. The van der Waals surface area contributed by atoms with Gasteiger partial charge in [-0.15, -0.1) is 0 Å². The van der Waals surface area contributed by atoms with E-state index in [4.69, 9.17) is 34.3 Å². The first-order valence-corrected chi connectivity index (χ1v) is 6.48. The van der Waals surface area contributed by atoms with Gasteiger partial charge in [-0.1, -0.05) is 36.0 Å². The Morgan fingerprint density at radius 3 is 2.58 bits per heavy atom. The van der Waals surface area contributed by atoms with Crippen molar-refractivity contribution in [3.05, 3.63) is 52.3 Å². The van der Waals surface area contributed by atoms with E-state index in [1.807, 2.05) is 26.0 Å². The molecule has 98 valence electrons. The zero-order valence-electron chi connectivity index (χ0n) is 10.6. The van der Waals surface area contributed by atoms with Crippen LogP contribution in [0.2, 0.25) is 5.02 Å². The van der Waals surface area contributed by atoms with Crippen LogP contribution in [0.4, 0.5) is 0 Å².